The average molecular weight is 379 g/mol. The molecule has 146 valence electrons. The maximum absolute atomic E-state index is 13.4. The van der Waals surface area contributed by atoms with Crippen LogP contribution in [0.5, 0.6) is 11.5 Å². The lowest BCUT2D eigenvalue weighted by Crippen LogP contribution is -2.33. The van der Waals surface area contributed by atoms with E-state index in [-0.39, 0.29) is 35.5 Å². The number of carbonyl (C=O) groups is 2. The molecule has 5 rings (SSSR count). The summed E-state index contributed by atoms with van der Waals surface area (Å²) in [6.45, 7) is 0. The van der Waals surface area contributed by atoms with Gasteiger partial charge in [0.05, 0.1) is 31.7 Å². The summed E-state index contributed by atoms with van der Waals surface area (Å²) in [5.74, 6) is 0.576. The van der Waals surface area contributed by atoms with Crippen LogP contribution in [-0.4, -0.2) is 26.0 Å². The summed E-state index contributed by atoms with van der Waals surface area (Å²) in [6, 6.07) is 5.21. The molecule has 3 fully saturated rings. The number of hydrogen-bond donors (Lipinski definition) is 0. The summed E-state index contributed by atoms with van der Waals surface area (Å²) in [5, 5.41) is 0. The third-order valence-electron chi connectivity index (χ3n) is 6.91. The molecule has 4 atom stereocenters. The summed E-state index contributed by atoms with van der Waals surface area (Å²) < 4.78 is 10.7. The molecule has 1 aliphatic heterocycles. The molecule has 1 heterocycles. The van der Waals surface area contributed by atoms with Gasteiger partial charge in [-0.05, 0) is 37.8 Å². The van der Waals surface area contributed by atoms with Crippen LogP contribution in [0, 0.1) is 23.7 Å². The van der Waals surface area contributed by atoms with E-state index in [1.54, 1.807) is 32.4 Å². The highest BCUT2D eigenvalue weighted by atomic mass is 16.5. The van der Waals surface area contributed by atoms with E-state index in [9.17, 15) is 9.59 Å². The Morgan fingerprint density at radius 3 is 2.11 bits per heavy atom. The van der Waals surface area contributed by atoms with Gasteiger partial charge in [-0.25, -0.2) is 4.90 Å². The SMILES string of the molecule is COc1ccc(N2C(=O)C3C4C=CC(C4=C4CCCCC4)C3C2=O)c(OC)c1. The number of nitrogens with zero attached hydrogens (tertiary/aromatic N) is 1. The number of imide groups is 1. The molecule has 2 saturated carbocycles. The Morgan fingerprint density at radius 1 is 0.893 bits per heavy atom. The van der Waals surface area contributed by atoms with E-state index in [1.165, 1.54) is 35.3 Å². The molecule has 1 aromatic carbocycles. The van der Waals surface area contributed by atoms with Gasteiger partial charge < -0.3 is 9.47 Å². The van der Waals surface area contributed by atoms with E-state index in [0.29, 0.717) is 17.2 Å². The number of methoxy groups -OCH3 is 2. The maximum atomic E-state index is 13.4. The number of benzene rings is 1. The van der Waals surface area contributed by atoms with Crippen molar-refractivity contribution in [3.8, 4) is 11.5 Å². The smallest absolute Gasteiger partial charge is 0.238 e. The predicted octanol–water partition coefficient (Wildman–Crippen LogP) is 3.89. The zero-order valence-electron chi connectivity index (χ0n) is 16.3. The number of fused-ring (bicyclic) bond motifs is 5. The second kappa shape index (κ2) is 6.50. The second-order valence-corrected chi connectivity index (χ2v) is 8.16. The Morgan fingerprint density at radius 2 is 1.54 bits per heavy atom. The van der Waals surface area contributed by atoms with Crippen molar-refractivity contribution in [1.82, 2.24) is 0 Å². The minimum absolute atomic E-state index is 0.0915. The molecule has 0 N–H and O–H groups in total. The fraction of sp³-hybridized carbons (Fsp3) is 0.478. The molecule has 1 saturated heterocycles. The first kappa shape index (κ1) is 17.5. The molecule has 1 aromatic rings. The van der Waals surface area contributed by atoms with Crippen LogP contribution in [0.4, 0.5) is 5.69 Å². The topological polar surface area (TPSA) is 55.8 Å². The molecule has 4 unspecified atom stereocenters. The van der Waals surface area contributed by atoms with Crippen LogP contribution in [0.1, 0.15) is 32.1 Å². The summed E-state index contributed by atoms with van der Waals surface area (Å²) in [4.78, 5) is 28.2. The Kier molecular flexibility index (Phi) is 4.07. The standard InChI is InChI=1S/C23H25NO4/c1-27-14-8-11-17(18(12-14)28-2)24-22(25)20-15-9-10-16(21(20)23(24)26)19(15)13-6-4-3-5-7-13/h8-12,15-16,20-21H,3-7H2,1-2H3. The first-order chi connectivity index (χ1) is 13.7. The largest absolute Gasteiger partial charge is 0.497 e. The van der Waals surface area contributed by atoms with Crippen molar-refractivity contribution in [2.45, 2.75) is 32.1 Å². The first-order valence-electron chi connectivity index (χ1n) is 10.2. The lowest BCUT2D eigenvalue weighted by atomic mass is 9.85. The molecule has 5 heteroatoms. The Labute approximate surface area is 165 Å². The third kappa shape index (κ3) is 2.31. The molecule has 4 aliphatic rings. The minimum atomic E-state index is -0.265. The Hall–Kier alpha value is -2.56. The van der Waals surface area contributed by atoms with Crippen molar-refractivity contribution < 1.29 is 19.1 Å². The minimum Gasteiger partial charge on any atom is -0.497 e. The van der Waals surface area contributed by atoms with E-state index in [0.717, 1.165) is 12.8 Å². The fourth-order valence-corrected chi connectivity index (χ4v) is 5.71. The van der Waals surface area contributed by atoms with Crippen LogP contribution < -0.4 is 14.4 Å². The van der Waals surface area contributed by atoms with E-state index in [1.807, 2.05) is 0 Å². The number of allylic oxidation sites excluding steroid dienone is 4. The lowest BCUT2D eigenvalue weighted by Gasteiger charge is -2.24. The van der Waals surface area contributed by atoms with Gasteiger partial charge >= 0.3 is 0 Å². The van der Waals surface area contributed by atoms with E-state index in [4.69, 9.17) is 9.47 Å². The highest BCUT2D eigenvalue weighted by Gasteiger charge is 2.62. The molecule has 28 heavy (non-hydrogen) atoms. The van der Waals surface area contributed by atoms with Gasteiger partial charge in [0.15, 0.2) is 0 Å². The number of carbonyl (C=O) groups excluding carboxylic acids is 2. The number of amides is 2. The summed E-state index contributed by atoms with van der Waals surface area (Å²) >= 11 is 0. The van der Waals surface area contributed by atoms with Crippen LogP contribution in [0.25, 0.3) is 0 Å². The zero-order chi connectivity index (χ0) is 19.4. The van der Waals surface area contributed by atoms with E-state index < -0.39 is 0 Å². The van der Waals surface area contributed by atoms with Crippen molar-refractivity contribution >= 4 is 17.5 Å². The third-order valence-corrected chi connectivity index (χ3v) is 6.91. The van der Waals surface area contributed by atoms with Gasteiger partial charge in [0, 0.05) is 17.9 Å². The molecular weight excluding hydrogens is 354 g/mol. The zero-order valence-corrected chi connectivity index (χ0v) is 16.3. The van der Waals surface area contributed by atoms with Gasteiger partial charge in [0.1, 0.15) is 11.5 Å². The van der Waals surface area contributed by atoms with Crippen molar-refractivity contribution in [1.29, 1.82) is 0 Å². The van der Waals surface area contributed by atoms with Crippen LogP contribution in [0.3, 0.4) is 0 Å². The van der Waals surface area contributed by atoms with Gasteiger partial charge in [-0.2, -0.15) is 0 Å². The van der Waals surface area contributed by atoms with Gasteiger partial charge in [0.25, 0.3) is 0 Å². The van der Waals surface area contributed by atoms with Crippen molar-refractivity contribution in [2.75, 3.05) is 19.1 Å². The molecular formula is C23H25NO4. The number of rotatable bonds is 3. The number of ether oxygens (including phenoxy) is 2. The summed E-state index contributed by atoms with van der Waals surface area (Å²) in [5.41, 5.74) is 3.41. The molecule has 5 nitrogen and oxygen atoms in total. The highest BCUT2D eigenvalue weighted by molar-refractivity contribution is 6.24. The van der Waals surface area contributed by atoms with Crippen LogP contribution in [-0.2, 0) is 9.59 Å². The monoisotopic (exact) mass is 379 g/mol. The van der Waals surface area contributed by atoms with Crippen LogP contribution >= 0.6 is 0 Å². The van der Waals surface area contributed by atoms with Gasteiger partial charge in [0.2, 0.25) is 11.8 Å². The molecule has 3 aliphatic carbocycles. The normalized spacial score (nSPS) is 31.0. The van der Waals surface area contributed by atoms with Crippen LogP contribution in [0.15, 0.2) is 41.5 Å². The van der Waals surface area contributed by atoms with Crippen molar-refractivity contribution in [2.24, 2.45) is 23.7 Å². The highest BCUT2D eigenvalue weighted by Crippen LogP contribution is 2.58. The molecule has 0 radical (unpaired) electrons. The van der Waals surface area contributed by atoms with E-state index in [2.05, 4.69) is 12.2 Å². The quantitative estimate of drug-likeness (QED) is 0.591. The molecule has 0 aromatic heterocycles. The molecule has 0 spiro atoms. The number of hydrogen-bond acceptors (Lipinski definition) is 4. The summed E-state index contributed by atoms with van der Waals surface area (Å²) in [7, 11) is 3.12. The fourth-order valence-electron chi connectivity index (χ4n) is 5.71. The van der Waals surface area contributed by atoms with E-state index >= 15 is 0 Å². The van der Waals surface area contributed by atoms with Crippen molar-refractivity contribution in [3.63, 3.8) is 0 Å². The lowest BCUT2D eigenvalue weighted by molar-refractivity contribution is -0.123. The van der Waals surface area contributed by atoms with Gasteiger partial charge in [-0.3, -0.25) is 9.59 Å². The predicted molar refractivity (Wildman–Crippen MR) is 105 cm³/mol. The van der Waals surface area contributed by atoms with Gasteiger partial charge in [-0.15, -0.1) is 0 Å². The first-order valence-corrected chi connectivity index (χ1v) is 10.2. The Balaban J connectivity index is 1.52. The Bertz CT molecular complexity index is 873. The van der Waals surface area contributed by atoms with Crippen LogP contribution in [0.2, 0.25) is 0 Å². The van der Waals surface area contributed by atoms with Gasteiger partial charge in [-0.1, -0.05) is 29.7 Å². The summed E-state index contributed by atoms with van der Waals surface area (Å²) in [6.07, 6.45) is 10.3. The van der Waals surface area contributed by atoms with Crippen molar-refractivity contribution in [3.05, 3.63) is 41.5 Å². The second-order valence-electron chi connectivity index (χ2n) is 8.16. The average Bonchev–Trinajstić information content (AvgIpc) is 3.38. The maximum Gasteiger partial charge on any atom is 0.238 e. The molecule has 2 bridgehead atoms. The number of anilines is 1. The molecule has 2 amide bonds.